The first kappa shape index (κ1) is 13.3. The fourth-order valence-corrected chi connectivity index (χ4v) is 2.80. The predicted octanol–water partition coefficient (Wildman–Crippen LogP) is 3.70. The molecule has 1 heterocycles. The summed E-state index contributed by atoms with van der Waals surface area (Å²) >= 11 is 1.67. The molecule has 0 fully saturated rings. The largest absolute Gasteiger partial charge is 0.489 e. The van der Waals surface area contributed by atoms with Crippen LogP contribution < -0.4 is 4.74 Å². The zero-order valence-electron chi connectivity index (χ0n) is 11.2. The van der Waals surface area contributed by atoms with Crippen LogP contribution in [0.2, 0.25) is 0 Å². The number of thiazole rings is 1. The van der Waals surface area contributed by atoms with Crippen LogP contribution in [-0.2, 0) is 6.61 Å². The first-order valence-corrected chi connectivity index (χ1v) is 7.03. The van der Waals surface area contributed by atoms with Crippen LogP contribution in [0.3, 0.4) is 0 Å². The van der Waals surface area contributed by atoms with E-state index < -0.39 is 0 Å². The Morgan fingerprint density at radius 3 is 2.56 bits per heavy atom. The summed E-state index contributed by atoms with van der Waals surface area (Å²) in [7, 11) is 0. The Hall–Kier alpha value is -1.13. The number of hydrogen-bond donors (Lipinski definition) is 1. The number of aliphatic hydroxyl groups is 1. The van der Waals surface area contributed by atoms with Gasteiger partial charge >= 0.3 is 0 Å². The van der Waals surface area contributed by atoms with Gasteiger partial charge in [-0.15, -0.1) is 11.3 Å². The van der Waals surface area contributed by atoms with Gasteiger partial charge in [0.05, 0.1) is 22.4 Å². The highest BCUT2D eigenvalue weighted by Gasteiger charge is 2.14. The molecule has 0 atom stereocenters. The molecule has 0 aliphatic rings. The summed E-state index contributed by atoms with van der Waals surface area (Å²) in [5, 5.41) is 10.4. The summed E-state index contributed by atoms with van der Waals surface area (Å²) in [6, 6.07) is 3.87. The Morgan fingerprint density at radius 1 is 1.28 bits per heavy atom. The van der Waals surface area contributed by atoms with Gasteiger partial charge < -0.3 is 9.84 Å². The van der Waals surface area contributed by atoms with Gasteiger partial charge in [0.2, 0.25) is 0 Å². The molecule has 1 aromatic heterocycles. The molecule has 0 bridgehead atoms. The van der Waals surface area contributed by atoms with E-state index in [1.54, 1.807) is 11.3 Å². The molecule has 18 heavy (non-hydrogen) atoms. The Balaban J connectivity index is 2.57. The molecule has 0 unspecified atom stereocenters. The molecule has 2 rings (SSSR count). The Bertz CT molecular complexity index is 546. The second kappa shape index (κ2) is 5.24. The zero-order valence-corrected chi connectivity index (χ0v) is 12.0. The van der Waals surface area contributed by atoms with E-state index in [1.165, 1.54) is 0 Å². The molecular weight excluding hydrogens is 246 g/mol. The van der Waals surface area contributed by atoms with E-state index in [9.17, 15) is 5.11 Å². The standard InChI is InChI=1S/C14H19NO2S/c1-8(2)14-15-13-11(17-9(3)4)5-10(7-16)6-12(13)18-14/h5-6,8-9,16H,7H2,1-4H3. The van der Waals surface area contributed by atoms with Crippen molar-refractivity contribution in [3.63, 3.8) is 0 Å². The maximum atomic E-state index is 9.30. The monoisotopic (exact) mass is 265 g/mol. The van der Waals surface area contributed by atoms with Crippen molar-refractivity contribution >= 4 is 21.6 Å². The second-order valence-electron chi connectivity index (χ2n) is 4.97. The molecule has 0 saturated heterocycles. The van der Waals surface area contributed by atoms with Gasteiger partial charge in [-0.25, -0.2) is 4.98 Å². The number of fused-ring (bicyclic) bond motifs is 1. The molecule has 0 aliphatic heterocycles. The molecule has 4 heteroatoms. The number of ether oxygens (including phenoxy) is 1. The minimum absolute atomic E-state index is 0.0271. The van der Waals surface area contributed by atoms with Crippen molar-refractivity contribution in [3.05, 3.63) is 22.7 Å². The summed E-state index contributed by atoms with van der Waals surface area (Å²) in [6.45, 7) is 8.28. The van der Waals surface area contributed by atoms with Crippen LogP contribution >= 0.6 is 11.3 Å². The lowest BCUT2D eigenvalue weighted by molar-refractivity contribution is 0.243. The van der Waals surface area contributed by atoms with Gasteiger partial charge in [-0.3, -0.25) is 0 Å². The number of nitrogens with zero attached hydrogens (tertiary/aromatic N) is 1. The van der Waals surface area contributed by atoms with Gasteiger partial charge in [0.1, 0.15) is 11.3 Å². The third kappa shape index (κ3) is 2.65. The maximum absolute atomic E-state index is 9.30. The minimum atomic E-state index is 0.0271. The minimum Gasteiger partial charge on any atom is -0.489 e. The smallest absolute Gasteiger partial charge is 0.147 e. The van der Waals surface area contributed by atoms with E-state index in [0.29, 0.717) is 5.92 Å². The average Bonchev–Trinajstić information content (AvgIpc) is 2.72. The quantitative estimate of drug-likeness (QED) is 0.916. The van der Waals surface area contributed by atoms with Gasteiger partial charge in [-0.05, 0) is 31.5 Å². The number of aliphatic hydroxyl groups excluding tert-OH is 1. The van der Waals surface area contributed by atoms with Crippen molar-refractivity contribution in [3.8, 4) is 5.75 Å². The van der Waals surface area contributed by atoms with Crippen molar-refractivity contribution < 1.29 is 9.84 Å². The number of aromatic nitrogens is 1. The molecule has 0 radical (unpaired) electrons. The van der Waals surface area contributed by atoms with Crippen molar-refractivity contribution in [2.45, 2.75) is 46.3 Å². The lowest BCUT2D eigenvalue weighted by Crippen LogP contribution is -2.06. The second-order valence-corrected chi connectivity index (χ2v) is 6.03. The number of benzene rings is 1. The summed E-state index contributed by atoms with van der Waals surface area (Å²) in [5.41, 5.74) is 1.78. The van der Waals surface area contributed by atoms with Crippen LogP contribution in [0.1, 0.15) is 44.2 Å². The van der Waals surface area contributed by atoms with Gasteiger partial charge in [-0.2, -0.15) is 0 Å². The summed E-state index contributed by atoms with van der Waals surface area (Å²) in [4.78, 5) is 4.65. The lowest BCUT2D eigenvalue weighted by Gasteiger charge is -2.11. The Labute approximate surface area is 111 Å². The highest BCUT2D eigenvalue weighted by molar-refractivity contribution is 7.18. The molecule has 98 valence electrons. The lowest BCUT2D eigenvalue weighted by atomic mass is 10.2. The van der Waals surface area contributed by atoms with Crippen molar-refractivity contribution in [1.82, 2.24) is 4.98 Å². The number of hydrogen-bond acceptors (Lipinski definition) is 4. The van der Waals surface area contributed by atoms with Crippen molar-refractivity contribution in [1.29, 1.82) is 0 Å². The van der Waals surface area contributed by atoms with Crippen LogP contribution in [0.15, 0.2) is 12.1 Å². The van der Waals surface area contributed by atoms with Gasteiger partial charge in [0.25, 0.3) is 0 Å². The third-order valence-corrected chi connectivity index (χ3v) is 3.88. The molecule has 0 spiro atoms. The van der Waals surface area contributed by atoms with E-state index in [0.717, 1.165) is 26.5 Å². The molecule has 3 nitrogen and oxygen atoms in total. The van der Waals surface area contributed by atoms with E-state index >= 15 is 0 Å². The van der Waals surface area contributed by atoms with Gasteiger partial charge in [0.15, 0.2) is 0 Å². The fourth-order valence-electron chi connectivity index (χ4n) is 1.75. The first-order valence-electron chi connectivity index (χ1n) is 6.22. The van der Waals surface area contributed by atoms with Crippen LogP contribution in [0.25, 0.3) is 10.2 Å². The first-order chi connectivity index (χ1) is 8.51. The van der Waals surface area contributed by atoms with Crippen molar-refractivity contribution in [2.24, 2.45) is 0 Å². The molecule has 1 aromatic carbocycles. The average molecular weight is 265 g/mol. The van der Waals surface area contributed by atoms with Gasteiger partial charge in [-0.1, -0.05) is 13.8 Å². The van der Waals surface area contributed by atoms with Crippen LogP contribution in [0.5, 0.6) is 5.75 Å². The maximum Gasteiger partial charge on any atom is 0.147 e. The molecule has 0 aliphatic carbocycles. The Morgan fingerprint density at radius 2 is 2.00 bits per heavy atom. The van der Waals surface area contributed by atoms with Gasteiger partial charge in [0, 0.05) is 5.92 Å². The highest BCUT2D eigenvalue weighted by atomic mass is 32.1. The van der Waals surface area contributed by atoms with Crippen LogP contribution in [0, 0.1) is 0 Å². The number of rotatable bonds is 4. The molecule has 1 N–H and O–H groups in total. The topological polar surface area (TPSA) is 42.4 Å². The predicted molar refractivity (Wildman–Crippen MR) is 75.4 cm³/mol. The fraction of sp³-hybridized carbons (Fsp3) is 0.500. The normalized spacial score (nSPS) is 11.7. The summed E-state index contributed by atoms with van der Waals surface area (Å²) in [6.07, 6.45) is 0.103. The summed E-state index contributed by atoms with van der Waals surface area (Å²) < 4.78 is 6.88. The van der Waals surface area contributed by atoms with E-state index in [-0.39, 0.29) is 12.7 Å². The van der Waals surface area contributed by atoms with E-state index in [1.807, 2.05) is 26.0 Å². The summed E-state index contributed by atoms with van der Waals surface area (Å²) in [5.74, 6) is 1.18. The van der Waals surface area contributed by atoms with Crippen LogP contribution in [-0.4, -0.2) is 16.2 Å². The molecule has 2 aromatic rings. The van der Waals surface area contributed by atoms with Crippen molar-refractivity contribution in [2.75, 3.05) is 0 Å². The molecular formula is C14H19NO2S. The highest BCUT2D eigenvalue weighted by Crippen LogP contribution is 2.34. The van der Waals surface area contributed by atoms with E-state index in [4.69, 9.17) is 4.74 Å². The molecule has 0 amide bonds. The zero-order chi connectivity index (χ0) is 13.3. The Kier molecular flexibility index (Phi) is 3.88. The third-order valence-electron chi connectivity index (χ3n) is 2.58. The van der Waals surface area contributed by atoms with Crippen LogP contribution in [0.4, 0.5) is 0 Å². The molecule has 0 saturated carbocycles. The van der Waals surface area contributed by atoms with E-state index in [2.05, 4.69) is 18.8 Å². The SMILES string of the molecule is CC(C)Oc1cc(CO)cc2sc(C(C)C)nc12.